The van der Waals surface area contributed by atoms with E-state index in [1.54, 1.807) is 42.5 Å². The van der Waals surface area contributed by atoms with Gasteiger partial charge in [-0.25, -0.2) is 14.2 Å². The van der Waals surface area contributed by atoms with E-state index in [1.165, 1.54) is 18.2 Å². The Balaban J connectivity index is 2.04. The van der Waals surface area contributed by atoms with Gasteiger partial charge < -0.3 is 10.2 Å². The molecular weight excluding hydrogens is 297 g/mol. The van der Waals surface area contributed by atoms with Crippen LogP contribution in [0.2, 0.25) is 0 Å². The van der Waals surface area contributed by atoms with Crippen LogP contribution in [0.15, 0.2) is 48.5 Å². The zero-order chi connectivity index (χ0) is 16.4. The molecule has 0 fully saturated rings. The molecule has 1 heterocycles. The normalized spacial score (nSPS) is 11.2. The minimum atomic E-state index is -1.03. The minimum absolute atomic E-state index is 0.159. The quantitative estimate of drug-likeness (QED) is 0.768. The first-order valence-electron chi connectivity index (χ1n) is 6.84. The van der Waals surface area contributed by atoms with Gasteiger partial charge in [-0.2, -0.15) is 0 Å². The molecule has 114 valence electrons. The predicted molar refractivity (Wildman–Crippen MR) is 85.7 cm³/mol. The summed E-state index contributed by atoms with van der Waals surface area (Å²) in [4.78, 5) is 15.8. The summed E-state index contributed by atoms with van der Waals surface area (Å²) in [5, 5.41) is 19.1. The number of hydrogen-bond donors (Lipinski definition) is 2. The number of carbonyl (C=O) groups is 1. The number of rotatable bonds is 3. The highest BCUT2D eigenvalue weighted by Gasteiger charge is 2.10. The number of fused-ring (bicyclic) bond motifs is 1. The van der Waals surface area contributed by atoms with Crippen LogP contribution in [0.5, 0.6) is 5.75 Å². The highest BCUT2D eigenvalue weighted by atomic mass is 19.1. The summed E-state index contributed by atoms with van der Waals surface area (Å²) in [5.41, 5.74) is 1.72. The summed E-state index contributed by atoms with van der Waals surface area (Å²) in [6.45, 7) is 0. The van der Waals surface area contributed by atoms with Gasteiger partial charge >= 0.3 is 5.97 Å². The van der Waals surface area contributed by atoms with Crippen molar-refractivity contribution in [3.63, 3.8) is 0 Å². The van der Waals surface area contributed by atoms with Crippen LogP contribution in [0.3, 0.4) is 0 Å². The maximum atomic E-state index is 13.3. The SMILES string of the molecule is O=C(O)c1cc(/C=C/c2ccc(O)c(F)c2)nc2ccccc12. The lowest BCUT2D eigenvalue weighted by Gasteiger charge is -2.04. The molecule has 23 heavy (non-hydrogen) atoms. The van der Waals surface area contributed by atoms with Crippen molar-refractivity contribution < 1.29 is 19.4 Å². The maximum Gasteiger partial charge on any atom is 0.336 e. The molecule has 0 bridgehead atoms. The number of hydrogen-bond acceptors (Lipinski definition) is 3. The molecule has 1 aromatic heterocycles. The molecule has 0 saturated carbocycles. The van der Waals surface area contributed by atoms with E-state index in [0.717, 1.165) is 0 Å². The van der Waals surface area contributed by atoms with E-state index >= 15 is 0 Å². The van der Waals surface area contributed by atoms with Crippen LogP contribution < -0.4 is 0 Å². The molecule has 0 atom stereocenters. The summed E-state index contributed by atoms with van der Waals surface area (Å²) in [7, 11) is 0. The summed E-state index contributed by atoms with van der Waals surface area (Å²) in [6, 6.07) is 12.4. The second-order valence-corrected chi connectivity index (χ2v) is 4.96. The molecule has 5 heteroatoms. The van der Waals surface area contributed by atoms with Gasteiger partial charge in [0.1, 0.15) is 0 Å². The number of benzene rings is 2. The van der Waals surface area contributed by atoms with Crippen LogP contribution in [0, 0.1) is 5.82 Å². The number of para-hydroxylation sites is 1. The lowest BCUT2D eigenvalue weighted by molar-refractivity contribution is 0.0699. The van der Waals surface area contributed by atoms with Crippen molar-refractivity contribution in [1.29, 1.82) is 0 Å². The zero-order valence-electron chi connectivity index (χ0n) is 11.9. The van der Waals surface area contributed by atoms with Gasteiger partial charge in [0.2, 0.25) is 0 Å². The number of halogens is 1. The average Bonchev–Trinajstić information content (AvgIpc) is 2.55. The van der Waals surface area contributed by atoms with Crippen LogP contribution in [0.4, 0.5) is 4.39 Å². The third-order valence-electron chi connectivity index (χ3n) is 3.38. The number of phenolic OH excluding ortho intramolecular Hbond substituents is 1. The molecular formula is C18H12FNO3. The van der Waals surface area contributed by atoms with Crippen molar-refractivity contribution in [2.45, 2.75) is 0 Å². The van der Waals surface area contributed by atoms with E-state index in [0.29, 0.717) is 22.2 Å². The highest BCUT2D eigenvalue weighted by molar-refractivity contribution is 6.03. The van der Waals surface area contributed by atoms with Crippen molar-refractivity contribution in [2.75, 3.05) is 0 Å². The maximum absolute atomic E-state index is 13.3. The molecule has 4 nitrogen and oxygen atoms in total. The number of aromatic hydroxyl groups is 1. The van der Waals surface area contributed by atoms with Gasteiger partial charge in [-0.1, -0.05) is 30.3 Å². The molecule has 0 aliphatic rings. The molecule has 0 amide bonds. The molecule has 0 spiro atoms. The Morgan fingerprint density at radius 3 is 2.61 bits per heavy atom. The minimum Gasteiger partial charge on any atom is -0.505 e. The Morgan fingerprint density at radius 2 is 1.87 bits per heavy atom. The molecule has 3 rings (SSSR count). The van der Waals surface area contributed by atoms with Crippen molar-refractivity contribution in [3.05, 3.63) is 71.2 Å². The fourth-order valence-corrected chi connectivity index (χ4v) is 2.27. The van der Waals surface area contributed by atoms with Crippen LogP contribution >= 0.6 is 0 Å². The molecule has 0 aliphatic carbocycles. The van der Waals surface area contributed by atoms with Gasteiger partial charge in [-0.3, -0.25) is 0 Å². The molecule has 0 unspecified atom stereocenters. The van der Waals surface area contributed by atoms with Crippen LogP contribution in [0.1, 0.15) is 21.6 Å². The lowest BCUT2D eigenvalue weighted by Crippen LogP contribution is -2.00. The second kappa shape index (κ2) is 5.88. The van der Waals surface area contributed by atoms with E-state index in [2.05, 4.69) is 4.98 Å². The van der Waals surface area contributed by atoms with E-state index in [1.807, 2.05) is 0 Å². The van der Waals surface area contributed by atoms with Crippen LogP contribution in [0.25, 0.3) is 23.1 Å². The Kier molecular flexibility index (Phi) is 3.76. The fourth-order valence-electron chi connectivity index (χ4n) is 2.27. The van der Waals surface area contributed by atoms with Gasteiger partial charge in [0, 0.05) is 5.39 Å². The van der Waals surface area contributed by atoms with Gasteiger partial charge in [-0.05, 0) is 35.9 Å². The van der Waals surface area contributed by atoms with Gasteiger partial charge in [-0.15, -0.1) is 0 Å². The number of aromatic carboxylic acids is 1. The van der Waals surface area contributed by atoms with Gasteiger partial charge in [0.15, 0.2) is 11.6 Å². The standard InChI is InChI=1S/C18H12FNO3/c19-15-9-11(6-8-17(15)21)5-7-12-10-14(18(22)23)13-3-1-2-4-16(13)20-12/h1-10,21H,(H,22,23)/b7-5+. The molecule has 3 aromatic rings. The average molecular weight is 309 g/mol. The summed E-state index contributed by atoms with van der Waals surface area (Å²) >= 11 is 0. The highest BCUT2D eigenvalue weighted by Crippen LogP contribution is 2.21. The number of pyridine rings is 1. The largest absolute Gasteiger partial charge is 0.505 e. The summed E-state index contributed by atoms with van der Waals surface area (Å²) in [6.07, 6.45) is 3.20. The van der Waals surface area contributed by atoms with Crippen molar-refractivity contribution in [2.24, 2.45) is 0 Å². The van der Waals surface area contributed by atoms with E-state index in [4.69, 9.17) is 5.11 Å². The van der Waals surface area contributed by atoms with E-state index < -0.39 is 17.5 Å². The third-order valence-corrected chi connectivity index (χ3v) is 3.38. The van der Waals surface area contributed by atoms with E-state index in [9.17, 15) is 14.3 Å². The first-order valence-corrected chi connectivity index (χ1v) is 6.84. The predicted octanol–water partition coefficient (Wildman–Crippen LogP) is 3.95. The number of carboxylic acids is 1. The molecule has 2 aromatic carbocycles. The van der Waals surface area contributed by atoms with Gasteiger partial charge in [0.05, 0.1) is 16.8 Å². The topological polar surface area (TPSA) is 70.4 Å². The van der Waals surface area contributed by atoms with Crippen LogP contribution in [-0.4, -0.2) is 21.2 Å². The number of phenols is 1. The van der Waals surface area contributed by atoms with E-state index in [-0.39, 0.29) is 5.56 Å². The first-order chi connectivity index (χ1) is 11.0. The Hall–Kier alpha value is -3.21. The molecule has 0 aliphatic heterocycles. The molecule has 2 N–H and O–H groups in total. The lowest BCUT2D eigenvalue weighted by atomic mass is 10.1. The van der Waals surface area contributed by atoms with Crippen molar-refractivity contribution in [3.8, 4) is 5.75 Å². The first kappa shape index (κ1) is 14.7. The summed E-state index contributed by atoms with van der Waals surface area (Å²) in [5.74, 6) is -2.17. The summed E-state index contributed by atoms with van der Waals surface area (Å²) < 4.78 is 13.3. The molecule has 0 saturated heterocycles. The second-order valence-electron chi connectivity index (χ2n) is 4.96. The number of aromatic nitrogens is 1. The Morgan fingerprint density at radius 1 is 1.09 bits per heavy atom. The number of carboxylic acid groups (broad SMARTS) is 1. The number of nitrogens with zero attached hydrogens (tertiary/aromatic N) is 1. The molecule has 0 radical (unpaired) electrons. The van der Waals surface area contributed by atoms with Crippen molar-refractivity contribution >= 4 is 29.0 Å². The van der Waals surface area contributed by atoms with Crippen molar-refractivity contribution in [1.82, 2.24) is 4.98 Å². The fraction of sp³-hybridized carbons (Fsp3) is 0. The smallest absolute Gasteiger partial charge is 0.336 e. The Labute approximate surface area is 131 Å². The Bertz CT molecular complexity index is 935. The van der Waals surface area contributed by atoms with Gasteiger partial charge in [0.25, 0.3) is 0 Å². The third kappa shape index (κ3) is 3.03. The monoisotopic (exact) mass is 309 g/mol. The van der Waals surface area contributed by atoms with Crippen LogP contribution in [-0.2, 0) is 0 Å². The zero-order valence-corrected chi connectivity index (χ0v) is 11.9.